The number of amides is 2. The summed E-state index contributed by atoms with van der Waals surface area (Å²) in [5.74, 6) is 0.0839. The van der Waals surface area contributed by atoms with Crippen LogP contribution in [0, 0.1) is 6.92 Å². The number of hydrogen-bond donors (Lipinski definition) is 1. The minimum absolute atomic E-state index is 0.205. The molecule has 0 spiro atoms. The summed E-state index contributed by atoms with van der Waals surface area (Å²) in [6.07, 6.45) is 1.68. The Labute approximate surface area is 231 Å². The van der Waals surface area contributed by atoms with Crippen LogP contribution in [0.5, 0.6) is 11.5 Å². The van der Waals surface area contributed by atoms with Crippen LogP contribution in [-0.4, -0.2) is 28.3 Å². The van der Waals surface area contributed by atoms with Crippen molar-refractivity contribution in [3.05, 3.63) is 97.3 Å². The maximum atomic E-state index is 13.0. The lowest BCUT2D eigenvalue weighted by molar-refractivity contribution is -0.123. The lowest BCUT2D eigenvalue weighted by atomic mass is 10.1. The molecule has 3 aromatic carbocycles. The van der Waals surface area contributed by atoms with Gasteiger partial charge in [0.05, 0.1) is 27.1 Å². The van der Waals surface area contributed by atoms with Crippen LogP contribution in [0.25, 0.3) is 6.08 Å². The van der Waals surface area contributed by atoms with Gasteiger partial charge in [0.15, 0.2) is 15.8 Å². The quantitative estimate of drug-likeness (QED) is 0.244. The molecule has 3 aromatic rings. The smallest absolute Gasteiger partial charge is 0.285 e. The predicted molar refractivity (Wildman–Crippen MR) is 150 cm³/mol. The Morgan fingerprint density at radius 2 is 1.94 bits per heavy atom. The maximum Gasteiger partial charge on any atom is 0.285 e. The summed E-state index contributed by atoms with van der Waals surface area (Å²) in [5, 5.41) is 1.34. The Bertz CT molecular complexity index is 1380. The number of hydrazine groups is 1. The van der Waals surface area contributed by atoms with E-state index in [0.29, 0.717) is 38.1 Å². The molecule has 36 heavy (non-hydrogen) atoms. The van der Waals surface area contributed by atoms with Gasteiger partial charge in [0.25, 0.3) is 11.8 Å². The first kappa shape index (κ1) is 26.2. The second-order valence-electron chi connectivity index (χ2n) is 7.75. The second-order valence-corrected chi connectivity index (χ2v) is 10.7. The lowest BCUT2D eigenvalue weighted by Gasteiger charge is -2.16. The van der Waals surface area contributed by atoms with Crippen molar-refractivity contribution in [1.82, 2.24) is 10.4 Å². The molecule has 4 rings (SSSR count). The monoisotopic (exact) mass is 602 g/mol. The summed E-state index contributed by atoms with van der Waals surface area (Å²) in [6, 6.07) is 18.4. The number of halogens is 2. The molecule has 1 N–H and O–H groups in total. The number of carbonyl (C=O) groups excluding carboxylic acids is 2. The van der Waals surface area contributed by atoms with Crippen molar-refractivity contribution in [2.24, 2.45) is 0 Å². The molecule has 2 amide bonds. The zero-order valence-corrected chi connectivity index (χ0v) is 23.2. The Morgan fingerprint density at radius 1 is 1.19 bits per heavy atom. The van der Waals surface area contributed by atoms with Gasteiger partial charge < -0.3 is 9.47 Å². The zero-order chi connectivity index (χ0) is 25.8. The molecule has 1 aliphatic heterocycles. The largest absolute Gasteiger partial charge is 0.493 e. The number of thioether (sulfide) groups is 1. The fraction of sp³-hybridized carbons (Fsp3) is 0.115. The highest BCUT2D eigenvalue weighted by Crippen LogP contribution is 2.39. The Balaban J connectivity index is 1.52. The molecule has 10 heteroatoms. The summed E-state index contributed by atoms with van der Waals surface area (Å²) in [5.41, 5.74) is 5.43. The average molecular weight is 604 g/mol. The fourth-order valence-electron chi connectivity index (χ4n) is 3.37. The van der Waals surface area contributed by atoms with Crippen molar-refractivity contribution in [2.45, 2.75) is 13.5 Å². The summed E-state index contributed by atoms with van der Waals surface area (Å²) < 4.78 is 12.4. The molecule has 0 radical (unpaired) electrons. The topological polar surface area (TPSA) is 67.9 Å². The molecule has 0 unspecified atom stereocenters. The van der Waals surface area contributed by atoms with E-state index in [0.717, 1.165) is 27.9 Å². The predicted octanol–water partition coefficient (Wildman–Crippen LogP) is 6.54. The summed E-state index contributed by atoms with van der Waals surface area (Å²) in [4.78, 5) is 26.1. The third-order valence-corrected chi connectivity index (χ3v) is 7.36. The fourth-order valence-corrected chi connectivity index (χ4v) is 5.45. The van der Waals surface area contributed by atoms with E-state index in [1.165, 1.54) is 0 Å². The van der Waals surface area contributed by atoms with E-state index < -0.39 is 11.8 Å². The zero-order valence-electron chi connectivity index (χ0n) is 19.2. The molecule has 184 valence electrons. The van der Waals surface area contributed by atoms with Crippen LogP contribution in [-0.2, 0) is 11.4 Å². The van der Waals surface area contributed by atoms with E-state index in [2.05, 4.69) is 21.4 Å². The molecule has 1 heterocycles. The summed E-state index contributed by atoms with van der Waals surface area (Å²) >= 11 is 16.2. The molecule has 0 bridgehead atoms. The van der Waals surface area contributed by atoms with E-state index in [-0.39, 0.29) is 9.88 Å². The summed E-state index contributed by atoms with van der Waals surface area (Å²) in [6.45, 7) is 2.24. The number of thiocarbonyl (C=S) groups is 1. The van der Waals surface area contributed by atoms with Crippen LogP contribution < -0.4 is 14.9 Å². The normalized spacial score (nSPS) is 14.3. The number of nitrogens with one attached hydrogen (secondary N) is 1. The number of rotatable bonds is 7. The van der Waals surface area contributed by atoms with Crippen molar-refractivity contribution in [2.75, 3.05) is 7.11 Å². The molecule has 0 saturated carbocycles. The van der Waals surface area contributed by atoms with Crippen LogP contribution in [0.4, 0.5) is 0 Å². The number of methoxy groups -OCH3 is 1. The van der Waals surface area contributed by atoms with Crippen molar-refractivity contribution < 1.29 is 19.1 Å². The van der Waals surface area contributed by atoms with E-state index in [4.69, 9.17) is 33.3 Å². The molecule has 1 saturated heterocycles. The standard InChI is InChI=1S/C26H20BrClN2O4S2/c1-15-8-9-18(20(28)10-15)24(31)29-30-25(32)22(36-26(30)35)13-17-11-19(27)23(21(12-17)33-2)34-14-16-6-4-3-5-7-16/h3-13H,14H2,1-2H3,(H,29,31)/b22-13+. The Hall–Kier alpha value is -2.85. The van der Waals surface area contributed by atoms with Gasteiger partial charge in [-0.2, -0.15) is 5.01 Å². The van der Waals surface area contributed by atoms with E-state index >= 15 is 0 Å². The molecular weight excluding hydrogens is 584 g/mol. The molecule has 1 fully saturated rings. The number of hydrogen-bond acceptors (Lipinski definition) is 6. The van der Waals surface area contributed by atoms with Gasteiger partial charge in [-0.3, -0.25) is 15.0 Å². The first-order chi connectivity index (χ1) is 17.3. The molecule has 0 atom stereocenters. The third kappa shape index (κ3) is 5.92. The van der Waals surface area contributed by atoms with Gasteiger partial charge >= 0.3 is 0 Å². The van der Waals surface area contributed by atoms with E-state index in [9.17, 15) is 9.59 Å². The molecule has 1 aliphatic rings. The first-order valence-electron chi connectivity index (χ1n) is 10.7. The Kier molecular flexibility index (Phi) is 8.35. The number of nitrogens with zero attached hydrogens (tertiary/aromatic N) is 1. The highest BCUT2D eigenvalue weighted by Gasteiger charge is 2.34. The second kappa shape index (κ2) is 11.5. The highest BCUT2D eigenvalue weighted by atomic mass is 79.9. The maximum absolute atomic E-state index is 13.0. The van der Waals surface area contributed by atoms with Gasteiger partial charge in [-0.1, -0.05) is 59.8 Å². The van der Waals surface area contributed by atoms with E-state index in [1.807, 2.05) is 43.3 Å². The van der Waals surface area contributed by atoms with E-state index in [1.54, 1.807) is 37.5 Å². The van der Waals surface area contributed by atoms with Gasteiger partial charge in [-0.25, -0.2) is 0 Å². The first-order valence-corrected chi connectivity index (χ1v) is 13.1. The molecule has 6 nitrogen and oxygen atoms in total. The van der Waals surface area contributed by atoms with Crippen LogP contribution >= 0.6 is 51.5 Å². The van der Waals surface area contributed by atoms with Gasteiger partial charge in [0.2, 0.25) is 0 Å². The van der Waals surface area contributed by atoms with Crippen molar-refractivity contribution in [1.29, 1.82) is 0 Å². The highest BCUT2D eigenvalue weighted by molar-refractivity contribution is 9.10. The summed E-state index contributed by atoms with van der Waals surface area (Å²) in [7, 11) is 1.55. The van der Waals surface area contributed by atoms with Gasteiger partial charge in [-0.05, 0) is 82.1 Å². The Morgan fingerprint density at radius 3 is 2.64 bits per heavy atom. The number of benzene rings is 3. The van der Waals surface area contributed by atoms with Crippen molar-refractivity contribution in [3.63, 3.8) is 0 Å². The lowest BCUT2D eigenvalue weighted by Crippen LogP contribution is -2.44. The molecule has 0 aromatic heterocycles. The molecule has 0 aliphatic carbocycles. The molecular formula is C26H20BrClN2O4S2. The number of carbonyl (C=O) groups is 2. The van der Waals surface area contributed by atoms with Gasteiger partial charge in [-0.15, -0.1) is 0 Å². The average Bonchev–Trinajstić information content (AvgIpc) is 3.10. The van der Waals surface area contributed by atoms with Crippen LogP contribution in [0.15, 0.2) is 70.0 Å². The van der Waals surface area contributed by atoms with Gasteiger partial charge in [0.1, 0.15) is 6.61 Å². The number of ether oxygens (including phenoxy) is 2. The van der Waals surface area contributed by atoms with Gasteiger partial charge in [0, 0.05) is 0 Å². The third-order valence-electron chi connectivity index (χ3n) is 5.15. The van der Waals surface area contributed by atoms with Crippen LogP contribution in [0.3, 0.4) is 0 Å². The number of aryl methyl sites for hydroxylation is 1. The van der Waals surface area contributed by atoms with Crippen molar-refractivity contribution >= 4 is 73.7 Å². The minimum atomic E-state index is -0.526. The van der Waals surface area contributed by atoms with Crippen LogP contribution in [0.1, 0.15) is 27.0 Å². The van der Waals surface area contributed by atoms with Crippen molar-refractivity contribution in [3.8, 4) is 11.5 Å². The SMILES string of the molecule is COc1cc(/C=C2/SC(=S)N(NC(=O)c3ccc(C)cc3Cl)C2=O)cc(Br)c1OCc1ccccc1. The van der Waals surface area contributed by atoms with Crippen LogP contribution in [0.2, 0.25) is 5.02 Å². The minimum Gasteiger partial charge on any atom is -0.493 e.